The molecule has 4 nitrogen and oxygen atoms in total. The minimum atomic E-state index is 0.437. The second-order valence-corrected chi connectivity index (χ2v) is 3.10. The van der Waals surface area contributed by atoms with E-state index in [2.05, 4.69) is 20.8 Å². The van der Waals surface area contributed by atoms with Crippen molar-refractivity contribution in [2.24, 2.45) is 0 Å². The van der Waals surface area contributed by atoms with Crippen molar-refractivity contribution in [2.45, 2.75) is 5.16 Å². The molecule has 12 heavy (non-hydrogen) atoms. The van der Waals surface area contributed by atoms with E-state index in [1.165, 1.54) is 11.8 Å². The van der Waals surface area contributed by atoms with Crippen molar-refractivity contribution in [1.82, 2.24) is 15.4 Å². The van der Waals surface area contributed by atoms with Gasteiger partial charge >= 0.3 is 0 Å². The molecule has 2 N–H and O–H groups in total. The van der Waals surface area contributed by atoms with E-state index in [9.17, 15) is 0 Å². The molecule has 1 rings (SSSR count). The van der Waals surface area contributed by atoms with Gasteiger partial charge in [-0.15, -0.1) is 0 Å². The Morgan fingerprint density at radius 1 is 1.50 bits per heavy atom. The van der Waals surface area contributed by atoms with E-state index >= 15 is 0 Å². The number of anilines is 1. The van der Waals surface area contributed by atoms with E-state index in [1.54, 1.807) is 13.1 Å². The zero-order chi connectivity index (χ0) is 8.97. The SMILES string of the molecule is CNNc1cc(Cl)nc(SC)n1. The Morgan fingerprint density at radius 3 is 2.83 bits per heavy atom. The van der Waals surface area contributed by atoms with Crippen molar-refractivity contribution in [1.29, 1.82) is 0 Å². The minimum Gasteiger partial charge on any atom is -0.306 e. The molecule has 0 unspecified atom stereocenters. The fraction of sp³-hybridized carbons (Fsp3) is 0.333. The van der Waals surface area contributed by atoms with Gasteiger partial charge in [0.2, 0.25) is 0 Å². The quantitative estimate of drug-likeness (QED) is 0.337. The second-order valence-electron chi connectivity index (χ2n) is 1.94. The second kappa shape index (κ2) is 4.49. The van der Waals surface area contributed by atoms with Gasteiger partial charge in [0.15, 0.2) is 5.16 Å². The summed E-state index contributed by atoms with van der Waals surface area (Å²) in [6, 6.07) is 1.65. The lowest BCUT2D eigenvalue weighted by Gasteiger charge is -2.03. The molecule has 0 saturated heterocycles. The lowest BCUT2D eigenvalue weighted by atomic mass is 10.6. The molecule has 1 aromatic heterocycles. The summed E-state index contributed by atoms with van der Waals surface area (Å²) >= 11 is 7.18. The van der Waals surface area contributed by atoms with Crippen LogP contribution in [-0.4, -0.2) is 23.3 Å². The third-order valence-electron chi connectivity index (χ3n) is 1.11. The van der Waals surface area contributed by atoms with Crippen LogP contribution in [0.15, 0.2) is 11.2 Å². The molecule has 0 aromatic carbocycles. The molecule has 0 aliphatic rings. The highest BCUT2D eigenvalue weighted by molar-refractivity contribution is 7.98. The number of thioether (sulfide) groups is 1. The molecule has 0 aliphatic carbocycles. The molecular weight excluding hydrogens is 196 g/mol. The Balaban J connectivity index is 2.90. The molecule has 66 valence electrons. The Morgan fingerprint density at radius 2 is 2.25 bits per heavy atom. The normalized spacial score (nSPS) is 9.92. The van der Waals surface area contributed by atoms with Gasteiger partial charge in [0.05, 0.1) is 0 Å². The van der Waals surface area contributed by atoms with Crippen LogP contribution in [0.5, 0.6) is 0 Å². The first-order chi connectivity index (χ1) is 5.76. The summed E-state index contributed by atoms with van der Waals surface area (Å²) in [5.41, 5.74) is 5.58. The van der Waals surface area contributed by atoms with E-state index in [1.807, 2.05) is 6.26 Å². The lowest BCUT2D eigenvalue weighted by Crippen LogP contribution is -2.16. The van der Waals surface area contributed by atoms with Gasteiger partial charge in [0, 0.05) is 13.1 Å². The van der Waals surface area contributed by atoms with Crippen molar-refractivity contribution in [3.8, 4) is 0 Å². The van der Waals surface area contributed by atoms with Crippen LogP contribution in [-0.2, 0) is 0 Å². The average molecular weight is 205 g/mol. The molecule has 1 heterocycles. The summed E-state index contributed by atoms with van der Waals surface area (Å²) < 4.78 is 0. The molecule has 0 atom stereocenters. The van der Waals surface area contributed by atoms with E-state index in [0.29, 0.717) is 16.1 Å². The molecule has 6 heteroatoms. The number of nitrogens with zero attached hydrogens (tertiary/aromatic N) is 2. The van der Waals surface area contributed by atoms with Gasteiger partial charge < -0.3 is 5.43 Å². The number of halogens is 1. The van der Waals surface area contributed by atoms with Gasteiger partial charge in [-0.25, -0.2) is 15.4 Å². The molecule has 0 aliphatic heterocycles. The van der Waals surface area contributed by atoms with Crippen LogP contribution in [0.1, 0.15) is 0 Å². The summed E-state index contributed by atoms with van der Waals surface area (Å²) in [6.07, 6.45) is 1.90. The summed E-state index contributed by atoms with van der Waals surface area (Å²) in [7, 11) is 1.76. The van der Waals surface area contributed by atoms with Gasteiger partial charge in [0.25, 0.3) is 0 Å². The number of hydrazine groups is 1. The van der Waals surface area contributed by atoms with Crippen LogP contribution in [0.2, 0.25) is 5.15 Å². The van der Waals surface area contributed by atoms with E-state index < -0.39 is 0 Å². The number of aromatic nitrogens is 2. The van der Waals surface area contributed by atoms with Gasteiger partial charge in [-0.2, -0.15) is 0 Å². The van der Waals surface area contributed by atoms with Crippen LogP contribution >= 0.6 is 23.4 Å². The van der Waals surface area contributed by atoms with Crippen molar-refractivity contribution >= 4 is 29.2 Å². The maximum atomic E-state index is 5.73. The molecule has 1 aromatic rings. The van der Waals surface area contributed by atoms with Crippen LogP contribution < -0.4 is 10.9 Å². The monoisotopic (exact) mass is 204 g/mol. The van der Waals surface area contributed by atoms with Gasteiger partial charge in [-0.1, -0.05) is 23.4 Å². The predicted octanol–water partition coefficient (Wildman–Crippen LogP) is 1.40. The summed E-state index contributed by atoms with van der Waals surface area (Å²) in [5, 5.41) is 1.09. The average Bonchev–Trinajstić information content (AvgIpc) is 2.04. The van der Waals surface area contributed by atoms with Gasteiger partial charge in [-0.3, -0.25) is 0 Å². The van der Waals surface area contributed by atoms with Crippen molar-refractivity contribution in [3.05, 3.63) is 11.2 Å². The Kier molecular flexibility index (Phi) is 3.58. The molecule has 0 bridgehead atoms. The fourth-order valence-corrected chi connectivity index (χ4v) is 1.29. The predicted molar refractivity (Wildman–Crippen MR) is 51.5 cm³/mol. The first-order valence-corrected chi connectivity index (χ1v) is 4.88. The molecule has 0 saturated carbocycles. The number of rotatable bonds is 3. The highest BCUT2D eigenvalue weighted by atomic mass is 35.5. The highest BCUT2D eigenvalue weighted by Crippen LogP contribution is 2.16. The Labute approximate surface area is 80.1 Å². The third kappa shape index (κ3) is 2.51. The first kappa shape index (κ1) is 9.57. The van der Waals surface area contributed by atoms with E-state index in [0.717, 1.165) is 0 Å². The third-order valence-corrected chi connectivity index (χ3v) is 1.85. The molecule has 0 fully saturated rings. The largest absolute Gasteiger partial charge is 0.306 e. The summed E-state index contributed by atoms with van der Waals surface area (Å²) in [5.74, 6) is 0.668. The maximum absolute atomic E-state index is 5.73. The van der Waals surface area contributed by atoms with Crippen LogP contribution in [0, 0.1) is 0 Å². The number of hydrogen-bond acceptors (Lipinski definition) is 5. The first-order valence-electron chi connectivity index (χ1n) is 3.27. The van der Waals surface area contributed by atoms with Crippen molar-refractivity contribution in [3.63, 3.8) is 0 Å². The molecular formula is C6H9ClN4S. The van der Waals surface area contributed by atoms with Crippen LogP contribution in [0.3, 0.4) is 0 Å². The van der Waals surface area contributed by atoms with Gasteiger partial charge in [0.1, 0.15) is 11.0 Å². The molecule has 0 amide bonds. The summed E-state index contributed by atoms with van der Waals surface area (Å²) in [4.78, 5) is 8.12. The van der Waals surface area contributed by atoms with Gasteiger partial charge in [-0.05, 0) is 6.26 Å². The van der Waals surface area contributed by atoms with E-state index in [-0.39, 0.29) is 0 Å². The number of hydrogen-bond donors (Lipinski definition) is 2. The number of nitrogens with one attached hydrogen (secondary N) is 2. The zero-order valence-electron chi connectivity index (χ0n) is 6.76. The van der Waals surface area contributed by atoms with Crippen LogP contribution in [0.4, 0.5) is 5.82 Å². The minimum absolute atomic E-state index is 0.437. The smallest absolute Gasteiger partial charge is 0.190 e. The standard InChI is InChI=1S/C6H9ClN4S/c1-8-11-5-3-4(7)9-6(10-5)12-2/h3,8H,1-2H3,(H,9,10,11). The molecule has 0 radical (unpaired) electrons. The lowest BCUT2D eigenvalue weighted by molar-refractivity contribution is 0.912. The molecule has 0 spiro atoms. The summed E-state index contributed by atoms with van der Waals surface area (Å²) in [6.45, 7) is 0. The maximum Gasteiger partial charge on any atom is 0.190 e. The topological polar surface area (TPSA) is 49.8 Å². The van der Waals surface area contributed by atoms with E-state index in [4.69, 9.17) is 11.6 Å². The zero-order valence-corrected chi connectivity index (χ0v) is 8.33. The Bertz CT molecular complexity index is 268. The van der Waals surface area contributed by atoms with Crippen LogP contribution in [0.25, 0.3) is 0 Å². The highest BCUT2D eigenvalue weighted by Gasteiger charge is 2.00. The Hall–Kier alpha value is -0.520. The fourth-order valence-electron chi connectivity index (χ4n) is 0.680. The van der Waals surface area contributed by atoms with Crippen molar-refractivity contribution < 1.29 is 0 Å². The van der Waals surface area contributed by atoms with Crippen molar-refractivity contribution in [2.75, 3.05) is 18.7 Å².